The van der Waals surface area contributed by atoms with Gasteiger partial charge in [-0.15, -0.1) is 0 Å². The Kier molecular flexibility index (Phi) is 11.7. The van der Waals surface area contributed by atoms with Gasteiger partial charge in [-0.2, -0.15) is 0 Å². The van der Waals surface area contributed by atoms with Gasteiger partial charge in [-0.05, 0) is 69.0 Å². The molecule has 0 unspecified atom stereocenters. The number of rotatable bonds is 12. The number of nitrogens with one attached hydrogen (secondary N) is 4. The standard InChI is InChI=1S/C43H49N7O8/c1-43(2,3)58-42(55)48-34(20-26-23-45-32-12-7-5-10-30(26)32)39(52)49-19-9-14-36(49)41(54)57-29-22-37(50(25-29)28-15-17-44-18-16-28)38(51)47-35(40(53)56-4)21-27-24-46-33-13-8-6-11-31(27)33/h5-8,10-13,15-18,23-24,29,34-37,45-46H,9,14,19-22,25H2,1-4H3,(H,47,51)(H,48,55)/t29-,34-,35+,36+,37+/m1/s1. The van der Waals surface area contributed by atoms with Gasteiger partial charge < -0.3 is 44.6 Å². The average Bonchev–Trinajstić information content (AvgIpc) is 4.03. The Morgan fingerprint density at radius 3 is 2.09 bits per heavy atom. The summed E-state index contributed by atoms with van der Waals surface area (Å²) in [6, 6.07) is 15.2. The Morgan fingerprint density at radius 2 is 1.47 bits per heavy atom. The normalized spacial score (nSPS) is 19.1. The Balaban J connectivity index is 1.07. The molecule has 0 spiro atoms. The molecule has 2 aliphatic rings. The predicted molar refractivity (Wildman–Crippen MR) is 216 cm³/mol. The summed E-state index contributed by atoms with van der Waals surface area (Å²) >= 11 is 0. The van der Waals surface area contributed by atoms with Gasteiger partial charge in [0, 0.05) is 78.1 Å². The molecule has 3 amide bonds. The molecule has 15 heteroatoms. The van der Waals surface area contributed by atoms with Crippen LogP contribution in [0.5, 0.6) is 0 Å². The summed E-state index contributed by atoms with van der Waals surface area (Å²) in [4.78, 5) is 82.4. The molecule has 3 aromatic heterocycles. The maximum atomic E-state index is 14.3. The molecule has 5 atom stereocenters. The van der Waals surface area contributed by atoms with E-state index in [9.17, 15) is 24.0 Å². The molecule has 2 saturated heterocycles. The number of nitrogens with zero attached hydrogens (tertiary/aromatic N) is 3. The number of likely N-dealkylation sites (tertiary alicyclic amines) is 1. The Morgan fingerprint density at radius 1 is 0.845 bits per heavy atom. The number of aromatic amines is 2. The summed E-state index contributed by atoms with van der Waals surface area (Å²) in [7, 11) is 1.28. The SMILES string of the molecule is COC(=O)[C@H](Cc1c[nH]c2ccccc12)NC(=O)[C@@H]1C[C@@H](OC(=O)[C@@H]2CCCN2C(=O)[C@@H](Cc2c[nH]c3ccccc23)NC(=O)OC(C)(C)C)CN1c1ccncc1. The van der Waals surface area contributed by atoms with Gasteiger partial charge in [-0.25, -0.2) is 14.4 Å². The van der Waals surface area contributed by atoms with Gasteiger partial charge in [0.1, 0.15) is 35.9 Å². The molecule has 0 bridgehead atoms. The molecule has 0 aliphatic carbocycles. The lowest BCUT2D eigenvalue weighted by Gasteiger charge is -2.29. The van der Waals surface area contributed by atoms with E-state index in [1.165, 1.54) is 12.0 Å². The number of carbonyl (C=O) groups excluding carboxylic acids is 5. The van der Waals surface area contributed by atoms with Crippen LogP contribution in [0.15, 0.2) is 85.5 Å². The molecule has 5 heterocycles. The minimum atomic E-state index is -1.03. The topological polar surface area (TPSA) is 188 Å². The summed E-state index contributed by atoms with van der Waals surface area (Å²) in [6.45, 7) is 5.70. The molecule has 7 rings (SSSR count). The third-order valence-electron chi connectivity index (χ3n) is 10.6. The van der Waals surface area contributed by atoms with Crippen molar-refractivity contribution in [3.8, 4) is 0 Å². The van der Waals surface area contributed by atoms with Crippen LogP contribution in [0, 0.1) is 0 Å². The summed E-state index contributed by atoms with van der Waals surface area (Å²) in [6.07, 6.45) is 6.79. The van der Waals surface area contributed by atoms with E-state index >= 15 is 0 Å². The van der Waals surface area contributed by atoms with Crippen LogP contribution >= 0.6 is 0 Å². The van der Waals surface area contributed by atoms with Crippen LogP contribution in [0.4, 0.5) is 10.5 Å². The highest BCUT2D eigenvalue weighted by molar-refractivity contribution is 5.93. The number of anilines is 1. The lowest BCUT2D eigenvalue weighted by atomic mass is 10.0. The molecular weight excluding hydrogens is 743 g/mol. The summed E-state index contributed by atoms with van der Waals surface area (Å²) in [5.41, 5.74) is 3.36. The first kappa shape index (κ1) is 39.8. The van der Waals surface area contributed by atoms with Crippen LogP contribution in [-0.2, 0) is 46.2 Å². The maximum Gasteiger partial charge on any atom is 0.408 e. The molecular formula is C43H49N7O8. The molecule has 58 heavy (non-hydrogen) atoms. The first-order valence-corrected chi connectivity index (χ1v) is 19.5. The summed E-state index contributed by atoms with van der Waals surface area (Å²) in [5.74, 6) is -2.05. The van der Waals surface area contributed by atoms with Crippen LogP contribution in [-0.4, -0.2) is 106 Å². The van der Waals surface area contributed by atoms with Gasteiger partial charge in [0.15, 0.2) is 0 Å². The molecule has 5 aromatic rings. The van der Waals surface area contributed by atoms with Crippen molar-refractivity contribution in [1.29, 1.82) is 0 Å². The molecule has 2 aromatic carbocycles. The first-order chi connectivity index (χ1) is 27.9. The van der Waals surface area contributed by atoms with Crippen molar-refractivity contribution in [2.24, 2.45) is 0 Å². The number of ether oxygens (including phenoxy) is 3. The Labute approximate surface area is 335 Å². The van der Waals surface area contributed by atoms with E-state index in [-0.39, 0.29) is 25.8 Å². The monoisotopic (exact) mass is 791 g/mol. The number of H-pyrrole nitrogens is 2. The van der Waals surface area contributed by atoms with Crippen molar-refractivity contribution in [1.82, 2.24) is 30.5 Å². The quantitative estimate of drug-likeness (QED) is 0.103. The fourth-order valence-corrected chi connectivity index (χ4v) is 7.96. The van der Waals surface area contributed by atoms with E-state index in [4.69, 9.17) is 14.2 Å². The van der Waals surface area contributed by atoms with Crippen molar-refractivity contribution >= 4 is 57.3 Å². The lowest BCUT2D eigenvalue weighted by molar-refractivity contribution is -0.157. The van der Waals surface area contributed by atoms with Crippen molar-refractivity contribution in [3.63, 3.8) is 0 Å². The van der Waals surface area contributed by atoms with Crippen LogP contribution in [0.1, 0.15) is 51.2 Å². The van der Waals surface area contributed by atoms with Crippen molar-refractivity contribution in [2.75, 3.05) is 25.1 Å². The van der Waals surface area contributed by atoms with Crippen molar-refractivity contribution in [2.45, 2.75) is 88.7 Å². The fraction of sp³-hybridized carbons (Fsp3) is 0.395. The van der Waals surface area contributed by atoms with Crippen LogP contribution < -0.4 is 15.5 Å². The van der Waals surface area contributed by atoms with E-state index in [0.29, 0.717) is 25.1 Å². The highest BCUT2D eigenvalue weighted by atomic mass is 16.6. The van der Waals surface area contributed by atoms with Gasteiger partial charge in [0.2, 0.25) is 11.8 Å². The highest BCUT2D eigenvalue weighted by Gasteiger charge is 2.44. The van der Waals surface area contributed by atoms with Gasteiger partial charge in [-0.3, -0.25) is 14.6 Å². The molecule has 0 radical (unpaired) electrons. The number of amides is 3. The largest absolute Gasteiger partial charge is 0.467 e. The summed E-state index contributed by atoms with van der Waals surface area (Å²) < 4.78 is 16.7. The number of methoxy groups -OCH3 is 1. The van der Waals surface area contributed by atoms with Gasteiger partial charge in [0.05, 0.1) is 13.7 Å². The third-order valence-corrected chi connectivity index (χ3v) is 10.6. The van der Waals surface area contributed by atoms with E-state index in [0.717, 1.165) is 32.9 Å². The lowest BCUT2D eigenvalue weighted by Crippen LogP contribution is -2.53. The van der Waals surface area contributed by atoms with E-state index in [1.54, 1.807) is 45.3 Å². The molecule has 2 aliphatic heterocycles. The van der Waals surface area contributed by atoms with Gasteiger partial charge in [0.25, 0.3) is 0 Å². The van der Waals surface area contributed by atoms with E-state index in [2.05, 4.69) is 25.6 Å². The zero-order chi connectivity index (χ0) is 41.0. The molecule has 15 nitrogen and oxygen atoms in total. The van der Waals surface area contributed by atoms with Gasteiger partial charge >= 0.3 is 18.0 Å². The number of para-hydroxylation sites is 2. The zero-order valence-electron chi connectivity index (χ0n) is 33.0. The maximum absolute atomic E-state index is 14.3. The Bertz CT molecular complexity index is 2280. The molecule has 0 saturated carbocycles. The zero-order valence-corrected chi connectivity index (χ0v) is 33.0. The predicted octanol–water partition coefficient (Wildman–Crippen LogP) is 4.56. The number of aromatic nitrogens is 3. The number of carbonyl (C=O) groups is 5. The number of esters is 2. The number of benzene rings is 2. The number of pyridine rings is 1. The molecule has 4 N–H and O–H groups in total. The average molecular weight is 792 g/mol. The fourth-order valence-electron chi connectivity index (χ4n) is 7.96. The van der Waals surface area contributed by atoms with Crippen LogP contribution in [0.25, 0.3) is 21.8 Å². The minimum absolute atomic E-state index is 0.130. The van der Waals surface area contributed by atoms with E-state index < -0.39 is 65.7 Å². The number of fused-ring (bicyclic) bond motifs is 2. The van der Waals surface area contributed by atoms with E-state index in [1.807, 2.05) is 65.8 Å². The van der Waals surface area contributed by atoms with Crippen molar-refractivity contribution < 1.29 is 38.2 Å². The first-order valence-electron chi connectivity index (χ1n) is 19.5. The number of hydrogen-bond donors (Lipinski definition) is 4. The third kappa shape index (κ3) is 8.93. The van der Waals surface area contributed by atoms with Crippen molar-refractivity contribution in [3.05, 3.63) is 96.6 Å². The smallest absolute Gasteiger partial charge is 0.408 e. The summed E-state index contributed by atoms with van der Waals surface area (Å²) in [5, 5.41) is 7.52. The minimum Gasteiger partial charge on any atom is -0.467 e. The van der Waals surface area contributed by atoms with Crippen LogP contribution in [0.3, 0.4) is 0 Å². The molecule has 2 fully saturated rings. The molecule has 304 valence electrons. The highest BCUT2D eigenvalue weighted by Crippen LogP contribution is 2.30. The second-order valence-corrected chi connectivity index (χ2v) is 15.8. The number of hydrogen-bond acceptors (Lipinski definition) is 10. The van der Waals surface area contributed by atoms with Gasteiger partial charge in [-0.1, -0.05) is 36.4 Å². The number of alkyl carbamates (subject to hydrolysis) is 1. The second kappa shape index (κ2) is 17.0. The second-order valence-electron chi connectivity index (χ2n) is 15.8. The Hall–Kier alpha value is -6.38. The van der Waals surface area contributed by atoms with Crippen LogP contribution in [0.2, 0.25) is 0 Å².